The van der Waals surface area contributed by atoms with Crippen molar-refractivity contribution >= 4 is 23.7 Å². The van der Waals surface area contributed by atoms with E-state index in [4.69, 9.17) is 9.47 Å². The van der Waals surface area contributed by atoms with Crippen LogP contribution in [-0.4, -0.2) is 52.7 Å². The topological polar surface area (TPSA) is 107 Å². The summed E-state index contributed by atoms with van der Waals surface area (Å²) in [6.07, 6.45) is 5.57. The fourth-order valence-corrected chi connectivity index (χ4v) is 4.88. The van der Waals surface area contributed by atoms with Gasteiger partial charge in [0.15, 0.2) is 22.5 Å². The first-order chi connectivity index (χ1) is 16.3. The largest absolute Gasteiger partial charge is 0.493 e. The number of thioether (sulfide) groups is 1. The summed E-state index contributed by atoms with van der Waals surface area (Å²) in [5, 5.41) is 14.2. The van der Waals surface area contributed by atoms with Crippen LogP contribution in [0, 0.1) is 5.92 Å². The molecule has 2 N–H and O–H groups in total. The SMILES string of the molecule is COc1ccc(-c2nnc(SC(C)C(=O)NC(=O)NCC(C)C)n2C2CCCCC2)cc1OC. The molecule has 1 saturated carbocycles. The lowest BCUT2D eigenvalue weighted by Gasteiger charge is -2.26. The number of methoxy groups -OCH3 is 2. The predicted octanol–water partition coefficient (Wildman–Crippen LogP) is 4.43. The third-order valence-electron chi connectivity index (χ3n) is 5.81. The average Bonchev–Trinajstić information content (AvgIpc) is 3.26. The lowest BCUT2D eigenvalue weighted by Crippen LogP contribution is -2.43. The molecule has 10 heteroatoms. The number of benzene rings is 1. The highest BCUT2D eigenvalue weighted by molar-refractivity contribution is 8.00. The number of urea groups is 1. The van der Waals surface area contributed by atoms with E-state index in [1.54, 1.807) is 21.1 Å². The minimum atomic E-state index is -0.519. The van der Waals surface area contributed by atoms with Crippen molar-refractivity contribution in [1.82, 2.24) is 25.4 Å². The summed E-state index contributed by atoms with van der Waals surface area (Å²) in [5.74, 6) is 1.93. The number of hydrogen-bond acceptors (Lipinski definition) is 7. The Morgan fingerprint density at radius 2 is 1.79 bits per heavy atom. The first kappa shape index (κ1) is 25.9. The minimum Gasteiger partial charge on any atom is -0.493 e. The number of carbonyl (C=O) groups is 2. The minimum absolute atomic E-state index is 0.249. The highest BCUT2D eigenvalue weighted by Crippen LogP contribution is 2.38. The van der Waals surface area contributed by atoms with Gasteiger partial charge in [-0.05, 0) is 43.9 Å². The first-order valence-corrected chi connectivity index (χ1v) is 12.6. The molecule has 1 unspecified atom stereocenters. The van der Waals surface area contributed by atoms with Crippen LogP contribution in [0.2, 0.25) is 0 Å². The molecule has 1 aliphatic rings. The quantitative estimate of drug-likeness (QED) is 0.502. The lowest BCUT2D eigenvalue weighted by molar-refractivity contribution is -0.119. The number of amides is 3. The van der Waals surface area contributed by atoms with E-state index in [2.05, 4.69) is 25.4 Å². The van der Waals surface area contributed by atoms with Crippen LogP contribution in [0.5, 0.6) is 11.5 Å². The summed E-state index contributed by atoms with van der Waals surface area (Å²) < 4.78 is 13.0. The molecule has 9 nitrogen and oxygen atoms in total. The highest BCUT2D eigenvalue weighted by Gasteiger charge is 2.27. The van der Waals surface area contributed by atoms with E-state index in [9.17, 15) is 9.59 Å². The number of nitrogens with zero attached hydrogens (tertiary/aromatic N) is 3. The van der Waals surface area contributed by atoms with Crippen molar-refractivity contribution in [2.24, 2.45) is 5.92 Å². The Bertz CT molecular complexity index is 988. The molecule has 0 aliphatic heterocycles. The Morgan fingerprint density at radius 1 is 1.09 bits per heavy atom. The molecule has 1 aliphatic carbocycles. The molecule has 1 heterocycles. The number of carbonyl (C=O) groups excluding carboxylic acids is 2. The maximum Gasteiger partial charge on any atom is 0.321 e. The van der Waals surface area contributed by atoms with Crippen molar-refractivity contribution in [2.75, 3.05) is 20.8 Å². The molecule has 3 rings (SSSR count). The van der Waals surface area contributed by atoms with Crippen LogP contribution in [-0.2, 0) is 4.79 Å². The van der Waals surface area contributed by atoms with Gasteiger partial charge in [0.1, 0.15) is 0 Å². The Morgan fingerprint density at radius 3 is 2.44 bits per heavy atom. The number of hydrogen-bond donors (Lipinski definition) is 2. The monoisotopic (exact) mass is 489 g/mol. The molecule has 34 heavy (non-hydrogen) atoms. The van der Waals surface area contributed by atoms with Crippen molar-refractivity contribution in [3.63, 3.8) is 0 Å². The van der Waals surface area contributed by atoms with Crippen LogP contribution < -0.4 is 20.1 Å². The molecule has 1 atom stereocenters. The molecule has 186 valence electrons. The summed E-state index contributed by atoms with van der Waals surface area (Å²) in [4.78, 5) is 24.7. The van der Waals surface area contributed by atoms with Crippen molar-refractivity contribution in [1.29, 1.82) is 0 Å². The Hall–Kier alpha value is -2.75. The predicted molar refractivity (Wildman–Crippen MR) is 132 cm³/mol. The van der Waals surface area contributed by atoms with Gasteiger partial charge in [-0.1, -0.05) is 44.9 Å². The van der Waals surface area contributed by atoms with E-state index in [0.29, 0.717) is 29.1 Å². The van der Waals surface area contributed by atoms with E-state index in [1.165, 1.54) is 18.2 Å². The van der Waals surface area contributed by atoms with Gasteiger partial charge in [-0.15, -0.1) is 10.2 Å². The van der Waals surface area contributed by atoms with E-state index in [0.717, 1.165) is 37.1 Å². The summed E-state index contributed by atoms with van der Waals surface area (Å²) >= 11 is 1.31. The van der Waals surface area contributed by atoms with Gasteiger partial charge in [0.05, 0.1) is 19.5 Å². The van der Waals surface area contributed by atoms with Gasteiger partial charge in [0.2, 0.25) is 5.91 Å². The van der Waals surface area contributed by atoms with Gasteiger partial charge in [-0.3, -0.25) is 14.7 Å². The highest BCUT2D eigenvalue weighted by atomic mass is 32.2. The first-order valence-electron chi connectivity index (χ1n) is 11.8. The van der Waals surface area contributed by atoms with Crippen LogP contribution >= 0.6 is 11.8 Å². The molecule has 0 spiro atoms. The number of rotatable bonds is 9. The fraction of sp³-hybridized carbons (Fsp3) is 0.583. The molecule has 1 fully saturated rings. The van der Waals surface area contributed by atoms with Gasteiger partial charge < -0.3 is 14.8 Å². The van der Waals surface area contributed by atoms with Crippen LogP contribution in [0.1, 0.15) is 58.9 Å². The summed E-state index contributed by atoms with van der Waals surface area (Å²) in [7, 11) is 3.21. The molecule has 3 amide bonds. The zero-order valence-corrected chi connectivity index (χ0v) is 21.4. The maximum absolute atomic E-state index is 12.6. The standard InChI is InChI=1S/C24H35N5O4S/c1-15(2)14-25-23(31)26-22(30)16(3)34-24-28-27-21(29(24)18-9-7-6-8-10-18)17-11-12-19(32-4)20(13-17)33-5/h11-13,15-16,18H,6-10,14H2,1-5H3,(H2,25,26,30,31). The number of nitrogens with one attached hydrogen (secondary N) is 2. The van der Waals surface area contributed by atoms with Crippen molar-refractivity contribution in [3.05, 3.63) is 18.2 Å². The van der Waals surface area contributed by atoms with Crippen LogP contribution in [0.15, 0.2) is 23.4 Å². The van der Waals surface area contributed by atoms with E-state index >= 15 is 0 Å². The zero-order chi connectivity index (χ0) is 24.7. The summed E-state index contributed by atoms with van der Waals surface area (Å²) in [6.45, 7) is 6.26. The van der Waals surface area contributed by atoms with Gasteiger partial charge in [-0.25, -0.2) is 4.79 Å². The molecule has 0 radical (unpaired) electrons. The third kappa shape index (κ3) is 6.43. The molecule has 1 aromatic heterocycles. The second-order valence-electron chi connectivity index (χ2n) is 8.89. The molecule has 1 aromatic carbocycles. The Kier molecular flexibility index (Phi) is 9.20. The van der Waals surface area contributed by atoms with Crippen LogP contribution in [0.3, 0.4) is 0 Å². The zero-order valence-electron chi connectivity index (χ0n) is 20.6. The smallest absolute Gasteiger partial charge is 0.321 e. The van der Waals surface area contributed by atoms with Crippen molar-refractivity contribution in [3.8, 4) is 22.9 Å². The van der Waals surface area contributed by atoms with E-state index in [1.807, 2.05) is 32.0 Å². The third-order valence-corrected chi connectivity index (χ3v) is 6.86. The number of imide groups is 1. The van der Waals surface area contributed by atoms with Gasteiger partial charge in [-0.2, -0.15) is 0 Å². The Balaban J connectivity index is 1.84. The number of aromatic nitrogens is 3. The van der Waals surface area contributed by atoms with Gasteiger partial charge in [0, 0.05) is 18.2 Å². The molecule has 0 saturated heterocycles. The van der Waals surface area contributed by atoms with Crippen molar-refractivity contribution < 1.29 is 19.1 Å². The second-order valence-corrected chi connectivity index (χ2v) is 10.2. The Labute approximate surface area is 205 Å². The van der Waals surface area contributed by atoms with E-state index in [-0.39, 0.29) is 11.9 Å². The molecular weight excluding hydrogens is 454 g/mol. The number of ether oxygens (including phenoxy) is 2. The lowest BCUT2D eigenvalue weighted by atomic mass is 9.95. The second kappa shape index (κ2) is 12.1. The van der Waals surface area contributed by atoms with Gasteiger partial charge >= 0.3 is 6.03 Å². The molecule has 2 aromatic rings. The molecular formula is C24H35N5O4S. The van der Waals surface area contributed by atoms with Crippen LogP contribution in [0.4, 0.5) is 4.79 Å². The van der Waals surface area contributed by atoms with E-state index < -0.39 is 11.3 Å². The van der Waals surface area contributed by atoms with Crippen LogP contribution in [0.25, 0.3) is 11.4 Å². The fourth-order valence-electron chi connectivity index (χ4n) is 3.96. The maximum atomic E-state index is 12.6. The molecule has 0 bridgehead atoms. The van der Waals surface area contributed by atoms with Gasteiger partial charge in [0.25, 0.3) is 0 Å². The summed E-state index contributed by atoms with van der Waals surface area (Å²) in [6, 6.07) is 5.46. The summed E-state index contributed by atoms with van der Waals surface area (Å²) in [5.41, 5.74) is 0.868. The average molecular weight is 490 g/mol. The normalized spacial score (nSPS) is 15.1. The van der Waals surface area contributed by atoms with Crippen molar-refractivity contribution in [2.45, 2.75) is 69.3 Å².